The summed E-state index contributed by atoms with van der Waals surface area (Å²) in [7, 11) is 5.22. The van der Waals surface area contributed by atoms with Crippen LogP contribution in [0.1, 0.15) is 12.8 Å². The zero-order chi connectivity index (χ0) is 30.4. The number of hydrogen-bond donors (Lipinski definition) is 6. The standard InChI is InChI=1S/C11H20N4O8.C9H18N2O6/c1-20-8(16)12-6-14-10(18)22-4-3-5-23-11(19)15-7-13-9(17)21-2;1-14-6-16-8(12)10-4-3-5-11-9(13)17-7-15-2/h3-7H2,1-2H3,(H,12,16)(H,13,17)(H,14,18)(H,15,19);3-7H2,1-2H3,(H,10,12)(H,11,13). The van der Waals surface area contributed by atoms with Crippen molar-refractivity contribution in [2.24, 2.45) is 0 Å². The SMILES string of the molecule is COC(=O)NCNC(=O)OCCCOC(=O)NCNC(=O)OC.COCOC(=O)NCCCNC(=O)OCOC. The van der Waals surface area contributed by atoms with Crippen molar-refractivity contribution in [2.75, 3.05) is 81.7 Å². The lowest BCUT2D eigenvalue weighted by molar-refractivity contribution is 0.0117. The maximum atomic E-state index is 11.1. The molecule has 6 amide bonds. The molecule has 0 aromatic carbocycles. The smallest absolute Gasteiger partial charge is 0.409 e. The normalized spacial score (nSPS) is 9.30. The summed E-state index contributed by atoms with van der Waals surface area (Å²) in [6, 6.07) is 0. The molecule has 0 aromatic heterocycles. The quantitative estimate of drug-likeness (QED) is 0.0757. The van der Waals surface area contributed by atoms with E-state index in [1.54, 1.807) is 0 Å². The first-order chi connectivity index (χ1) is 19.2. The number of alkyl carbamates (subject to hydrolysis) is 6. The highest BCUT2D eigenvalue weighted by Crippen LogP contribution is 1.87. The molecule has 0 aliphatic rings. The summed E-state index contributed by atoms with van der Waals surface area (Å²) in [5.74, 6) is 0. The Balaban J connectivity index is 0. The van der Waals surface area contributed by atoms with E-state index in [1.165, 1.54) is 28.4 Å². The minimum absolute atomic E-state index is 0.0117. The van der Waals surface area contributed by atoms with E-state index in [4.69, 9.17) is 9.47 Å². The summed E-state index contributed by atoms with van der Waals surface area (Å²) < 4.78 is 36.3. The average molecular weight is 587 g/mol. The van der Waals surface area contributed by atoms with Gasteiger partial charge >= 0.3 is 36.6 Å². The summed E-state index contributed by atoms with van der Waals surface area (Å²) in [6.07, 6.45) is -3.15. The number of nitrogens with one attached hydrogen (secondary N) is 6. The lowest BCUT2D eigenvalue weighted by atomic mass is 10.4. The second kappa shape index (κ2) is 27.6. The molecular formula is C20H38N6O14. The number of hydrogen-bond acceptors (Lipinski definition) is 14. The van der Waals surface area contributed by atoms with Gasteiger partial charge in [0, 0.05) is 33.7 Å². The van der Waals surface area contributed by atoms with E-state index >= 15 is 0 Å². The van der Waals surface area contributed by atoms with Crippen molar-refractivity contribution in [1.29, 1.82) is 0 Å². The Morgan fingerprint density at radius 3 is 1.15 bits per heavy atom. The lowest BCUT2D eigenvalue weighted by Gasteiger charge is -2.09. The molecule has 0 atom stereocenters. The molecule has 0 aromatic rings. The summed E-state index contributed by atoms with van der Waals surface area (Å²) in [4.78, 5) is 65.4. The molecule has 0 spiro atoms. The number of carbonyl (C=O) groups excluding carboxylic acids is 6. The summed E-state index contributed by atoms with van der Waals surface area (Å²) in [6.45, 7) is 0.325. The van der Waals surface area contributed by atoms with Crippen molar-refractivity contribution < 1.29 is 66.7 Å². The molecule has 0 rings (SSSR count). The third kappa shape index (κ3) is 28.1. The van der Waals surface area contributed by atoms with Crippen LogP contribution in [0.5, 0.6) is 0 Å². The molecule has 0 saturated carbocycles. The molecular weight excluding hydrogens is 548 g/mol. The van der Waals surface area contributed by atoms with Crippen LogP contribution < -0.4 is 31.9 Å². The molecule has 40 heavy (non-hydrogen) atoms. The van der Waals surface area contributed by atoms with Crippen LogP contribution in [0.2, 0.25) is 0 Å². The van der Waals surface area contributed by atoms with E-state index in [2.05, 4.69) is 60.3 Å². The topological polar surface area (TPSA) is 248 Å². The van der Waals surface area contributed by atoms with Gasteiger partial charge in [-0.15, -0.1) is 0 Å². The highest BCUT2D eigenvalue weighted by Gasteiger charge is 2.05. The van der Waals surface area contributed by atoms with E-state index < -0.39 is 36.6 Å². The summed E-state index contributed by atoms with van der Waals surface area (Å²) in [5.41, 5.74) is 0. The molecule has 0 aliphatic carbocycles. The van der Waals surface area contributed by atoms with E-state index in [0.717, 1.165) is 0 Å². The van der Waals surface area contributed by atoms with Crippen LogP contribution in [0, 0.1) is 0 Å². The van der Waals surface area contributed by atoms with Gasteiger partial charge in [-0.2, -0.15) is 0 Å². The van der Waals surface area contributed by atoms with E-state index in [1.807, 2.05) is 0 Å². The number of carbonyl (C=O) groups is 6. The van der Waals surface area contributed by atoms with Crippen molar-refractivity contribution in [1.82, 2.24) is 31.9 Å². The molecule has 0 heterocycles. The van der Waals surface area contributed by atoms with Crippen molar-refractivity contribution in [3.05, 3.63) is 0 Å². The Morgan fingerprint density at radius 1 is 0.450 bits per heavy atom. The molecule has 20 heteroatoms. The average Bonchev–Trinajstić information content (AvgIpc) is 2.94. The molecule has 232 valence electrons. The molecule has 0 saturated heterocycles. The predicted octanol–water partition coefficient (Wildman–Crippen LogP) is -0.507. The van der Waals surface area contributed by atoms with Gasteiger partial charge < -0.3 is 69.8 Å². The van der Waals surface area contributed by atoms with Gasteiger partial charge in [-0.25, -0.2) is 28.8 Å². The van der Waals surface area contributed by atoms with Crippen molar-refractivity contribution in [3.63, 3.8) is 0 Å². The number of amides is 6. The van der Waals surface area contributed by atoms with Crippen molar-refractivity contribution in [3.8, 4) is 0 Å². The fourth-order valence-corrected chi connectivity index (χ4v) is 1.81. The molecule has 0 bridgehead atoms. The highest BCUT2D eigenvalue weighted by molar-refractivity contribution is 5.70. The molecule has 20 nitrogen and oxygen atoms in total. The van der Waals surface area contributed by atoms with Gasteiger partial charge in [0.05, 0.1) is 40.8 Å². The van der Waals surface area contributed by atoms with Crippen LogP contribution in [0.15, 0.2) is 0 Å². The minimum Gasteiger partial charge on any atom is -0.453 e. The maximum Gasteiger partial charge on any atom is 0.409 e. The Morgan fingerprint density at radius 2 is 0.800 bits per heavy atom. The second-order valence-corrected chi connectivity index (χ2v) is 6.55. The number of ether oxygens (including phenoxy) is 8. The van der Waals surface area contributed by atoms with Crippen LogP contribution in [0.4, 0.5) is 28.8 Å². The summed E-state index contributed by atoms with van der Waals surface area (Å²) in [5, 5.41) is 13.9. The monoisotopic (exact) mass is 586 g/mol. The van der Waals surface area contributed by atoms with Gasteiger partial charge in [-0.3, -0.25) is 0 Å². The van der Waals surface area contributed by atoms with Crippen LogP contribution in [0.3, 0.4) is 0 Å². The Hall–Kier alpha value is -4.46. The highest BCUT2D eigenvalue weighted by atomic mass is 16.7. The molecule has 0 unspecified atom stereocenters. The van der Waals surface area contributed by atoms with Crippen molar-refractivity contribution in [2.45, 2.75) is 12.8 Å². The first-order valence-corrected chi connectivity index (χ1v) is 11.4. The van der Waals surface area contributed by atoms with Crippen LogP contribution in [0.25, 0.3) is 0 Å². The van der Waals surface area contributed by atoms with Gasteiger partial charge in [0.2, 0.25) is 0 Å². The van der Waals surface area contributed by atoms with Crippen LogP contribution >= 0.6 is 0 Å². The summed E-state index contributed by atoms with van der Waals surface area (Å²) >= 11 is 0. The largest absolute Gasteiger partial charge is 0.453 e. The van der Waals surface area contributed by atoms with Gasteiger partial charge in [0.25, 0.3) is 0 Å². The zero-order valence-corrected chi connectivity index (χ0v) is 22.8. The van der Waals surface area contributed by atoms with Gasteiger partial charge in [0.15, 0.2) is 13.6 Å². The van der Waals surface area contributed by atoms with Gasteiger partial charge in [-0.05, 0) is 6.42 Å². The van der Waals surface area contributed by atoms with Gasteiger partial charge in [0.1, 0.15) is 0 Å². The maximum absolute atomic E-state index is 11.1. The van der Waals surface area contributed by atoms with Crippen molar-refractivity contribution >= 4 is 36.6 Å². The van der Waals surface area contributed by atoms with Crippen LogP contribution in [-0.4, -0.2) is 118 Å². The van der Waals surface area contributed by atoms with Crippen LogP contribution in [-0.2, 0) is 37.9 Å². The zero-order valence-electron chi connectivity index (χ0n) is 22.8. The van der Waals surface area contributed by atoms with E-state index in [0.29, 0.717) is 19.5 Å². The predicted molar refractivity (Wildman–Crippen MR) is 132 cm³/mol. The Labute approximate surface area is 230 Å². The van der Waals surface area contributed by atoms with E-state index in [9.17, 15) is 28.8 Å². The fraction of sp³-hybridized carbons (Fsp3) is 0.700. The lowest BCUT2D eigenvalue weighted by Crippen LogP contribution is -2.38. The first kappa shape index (κ1) is 37.7. The Kier molecular flexibility index (Phi) is 26.0. The third-order valence-corrected chi connectivity index (χ3v) is 3.56. The Bertz CT molecular complexity index is 684. The minimum atomic E-state index is -0.742. The molecule has 6 N–H and O–H groups in total. The number of methoxy groups -OCH3 is 4. The second-order valence-electron chi connectivity index (χ2n) is 6.55. The molecule has 0 fully saturated rings. The van der Waals surface area contributed by atoms with E-state index in [-0.39, 0.29) is 46.6 Å². The van der Waals surface area contributed by atoms with Gasteiger partial charge in [-0.1, -0.05) is 0 Å². The fourth-order valence-electron chi connectivity index (χ4n) is 1.81. The molecule has 0 radical (unpaired) electrons. The number of rotatable bonds is 16. The first-order valence-electron chi connectivity index (χ1n) is 11.4. The third-order valence-electron chi connectivity index (χ3n) is 3.56. The molecule has 0 aliphatic heterocycles.